The van der Waals surface area contributed by atoms with Crippen molar-refractivity contribution in [3.8, 4) is 0 Å². The van der Waals surface area contributed by atoms with Gasteiger partial charge in [0.25, 0.3) is 5.91 Å². The number of aromatic nitrogens is 2. The third-order valence-corrected chi connectivity index (χ3v) is 2.27. The first-order valence-corrected chi connectivity index (χ1v) is 4.97. The first kappa shape index (κ1) is 12.0. The molecule has 0 aliphatic heterocycles. The molecule has 0 spiro atoms. The standard InChI is InChI=1S/C9H5ClN4O4/c10-8-7(14(16)17)6(1-2-11-8)9(15)13-5-3-12-18-4-5/h1-4H,(H,13,15). The van der Waals surface area contributed by atoms with Gasteiger partial charge in [-0.1, -0.05) is 16.8 Å². The zero-order valence-electron chi connectivity index (χ0n) is 8.66. The van der Waals surface area contributed by atoms with Gasteiger partial charge in [0.2, 0.25) is 5.15 Å². The molecule has 0 saturated heterocycles. The fourth-order valence-electron chi connectivity index (χ4n) is 1.25. The van der Waals surface area contributed by atoms with Crippen molar-refractivity contribution < 1.29 is 14.2 Å². The van der Waals surface area contributed by atoms with Gasteiger partial charge in [-0.05, 0) is 6.07 Å². The Kier molecular flexibility index (Phi) is 3.20. The number of halogens is 1. The number of hydrogen-bond donors (Lipinski definition) is 1. The summed E-state index contributed by atoms with van der Waals surface area (Å²) < 4.78 is 4.52. The highest BCUT2D eigenvalue weighted by molar-refractivity contribution is 6.32. The van der Waals surface area contributed by atoms with Crippen LogP contribution in [-0.4, -0.2) is 21.0 Å². The van der Waals surface area contributed by atoms with Crippen LogP contribution in [0.4, 0.5) is 11.4 Å². The zero-order chi connectivity index (χ0) is 13.1. The fourth-order valence-corrected chi connectivity index (χ4v) is 1.48. The van der Waals surface area contributed by atoms with Crippen LogP contribution < -0.4 is 5.32 Å². The topological polar surface area (TPSA) is 111 Å². The molecule has 0 aliphatic rings. The second-order valence-corrected chi connectivity index (χ2v) is 3.48. The van der Waals surface area contributed by atoms with Crippen molar-refractivity contribution in [3.05, 3.63) is 45.6 Å². The molecular weight excluding hydrogens is 264 g/mol. The van der Waals surface area contributed by atoms with Crippen molar-refractivity contribution in [3.63, 3.8) is 0 Å². The molecule has 2 heterocycles. The second kappa shape index (κ2) is 4.80. The smallest absolute Gasteiger partial charge is 0.319 e. The molecule has 0 aromatic carbocycles. The van der Waals surface area contributed by atoms with E-state index in [1.807, 2.05) is 0 Å². The molecule has 92 valence electrons. The number of carbonyl (C=O) groups is 1. The van der Waals surface area contributed by atoms with Crippen molar-refractivity contribution >= 4 is 28.9 Å². The molecular formula is C9H5ClN4O4. The maximum Gasteiger partial charge on any atom is 0.319 e. The molecule has 9 heteroatoms. The molecule has 1 amide bonds. The Morgan fingerprint density at radius 3 is 2.94 bits per heavy atom. The Labute approximate surface area is 105 Å². The van der Waals surface area contributed by atoms with E-state index in [2.05, 4.69) is 20.0 Å². The number of nitro groups is 1. The molecule has 0 fully saturated rings. The van der Waals surface area contributed by atoms with Gasteiger partial charge in [-0.25, -0.2) is 4.98 Å². The van der Waals surface area contributed by atoms with Gasteiger partial charge in [0, 0.05) is 6.20 Å². The minimum atomic E-state index is -0.766. The lowest BCUT2D eigenvalue weighted by Gasteiger charge is -2.03. The normalized spacial score (nSPS) is 10.1. The van der Waals surface area contributed by atoms with Gasteiger partial charge in [-0.3, -0.25) is 14.9 Å². The average Bonchev–Trinajstić information content (AvgIpc) is 2.80. The summed E-state index contributed by atoms with van der Waals surface area (Å²) >= 11 is 5.59. The SMILES string of the molecule is O=C(Nc1cnoc1)c1ccnc(Cl)c1[N+](=O)[O-]. The van der Waals surface area contributed by atoms with Crippen LogP contribution in [0.3, 0.4) is 0 Å². The predicted molar refractivity (Wildman–Crippen MR) is 60.4 cm³/mol. The lowest BCUT2D eigenvalue weighted by atomic mass is 10.2. The molecule has 2 aromatic heterocycles. The molecule has 0 atom stereocenters. The molecule has 0 radical (unpaired) electrons. The van der Waals surface area contributed by atoms with Crippen molar-refractivity contribution in [2.75, 3.05) is 5.32 Å². The van der Waals surface area contributed by atoms with Crippen LogP contribution >= 0.6 is 11.6 Å². The number of nitrogens with one attached hydrogen (secondary N) is 1. The lowest BCUT2D eigenvalue weighted by Crippen LogP contribution is -2.14. The van der Waals surface area contributed by atoms with E-state index in [1.165, 1.54) is 24.7 Å². The summed E-state index contributed by atoms with van der Waals surface area (Å²) in [5.41, 5.74) is -0.462. The number of nitrogens with zero attached hydrogens (tertiary/aromatic N) is 3. The number of carbonyl (C=O) groups excluding carboxylic acids is 1. The van der Waals surface area contributed by atoms with Crippen LogP contribution in [-0.2, 0) is 0 Å². The lowest BCUT2D eigenvalue weighted by molar-refractivity contribution is -0.385. The first-order valence-electron chi connectivity index (χ1n) is 4.59. The van der Waals surface area contributed by atoms with Crippen LogP contribution in [0.2, 0.25) is 5.15 Å². The maximum absolute atomic E-state index is 11.8. The van der Waals surface area contributed by atoms with E-state index in [0.29, 0.717) is 0 Å². The van der Waals surface area contributed by atoms with Crippen LogP contribution in [0.15, 0.2) is 29.2 Å². The molecule has 2 aromatic rings. The van der Waals surface area contributed by atoms with Gasteiger partial charge in [-0.2, -0.15) is 0 Å². The van der Waals surface area contributed by atoms with Crippen molar-refractivity contribution in [1.82, 2.24) is 10.1 Å². The minimum absolute atomic E-state index is 0.193. The van der Waals surface area contributed by atoms with E-state index in [1.54, 1.807) is 0 Å². The maximum atomic E-state index is 11.8. The van der Waals surface area contributed by atoms with Crippen LogP contribution in [0, 0.1) is 10.1 Å². The van der Waals surface area contributed by atoms with Gasteiger partial charge in [0.05, 0.1) is 11.1 Å². The van der Waals surface area contributed by atoms with Crippen LogP contribution in [0.5, 0.6) is 0 Å². The number of rotatable bonds is 3. The third kappa shape index (κ3) is 2.28. The minimum Gasteiger partial charge on any atom is -0.363 e. The van der Waals surface area contributed by atoms with Gasteiger partial charge < -0.3 is 9.84 Å². The summed E-state index contributed by atoms with van der Waals surface area (Å²) in [7, 11) is 0. The van der Waals surface area contributed by atoms with E-state index < -0.39 is 16.5 Å². The molecule has 0 saturated carbocycles. The summed E-state index contributed by atoms with van der Waals surface area (Å²) in [5.74, 6) is -0.700. The fraction of sp³-hybridized carbons (Fsp3) is 0. The van der Waals surface area contributed by atoms with E-state index >= 15 is 0 Å². The van der Waals surface area contributed by atoms with E-state index in [9.17, 15) is 14.9 Å². The molecule has 1 N–H and O–H groups in total. The Balaban J connectivity index is 2.36. The van der Waals surface area contributed by atoms with E-state index in [-0.39, 0.29) is 16.4 Å². The Morgan fingerprint density at radius 1 is 1.56 bits per heavy atom. The largest absolute Gasteiger partial charge is 0.363 e. The molecule has 0 unspecified atom stereocenters. The predicted octanol–water partition coefficient (Wildman–Crippen LogP) is 1.88. The summed E-state index contributed by atoms with van der Waals surface area (Å²) in [5, 5.41) is 16.2. The van der Waals surface area contributed by atoms with Crippen LogP contribution in [0.1, 0.15) is 10.4 Å². The molecule has 18 heavy (non-hydrogen) atoms. The first-order chi connectivity index (χ1) is 8.59. The number of pyridine rings is 1. The molecule has 0 aliphatic carbocycles. The van der Waals surface area contributed by atoms with Crippen molar-refractivity contribution in [2.45, 2.75) is 0 Å². The Hall–Kier alpha value is -2.48. The highest BCUT2D eigenvalue weighted by atomic mass is 35.5. The third-order valence-electron chi connectivity index (χ3n) is 2.00. The average molecular weight is 269 g/mol. The summed E-state index contributed by atoms with van der Waals surface area (Å²) in [4.78, 5) is 25.4. The van der Waals surface area contributed by atoms with E-state index in [0.717, 1.165) is 0 Å². The number of amides is 1. The van der Waals surface area contributed by atoms with Crippen molar-refractivity contribution in [2.24, 2.45) is 0 Å². The van der Waals surface area contributed by atoms with Crippen molar-refractivity contribution in [1.29, 1.82) is 0 Å². The molecule has 8 nitrogen and oxygen atoms in total. The molecule has 0 bridgehead atoms. The van der Waals surface area contributed by atoms with Gasteiger partial charge in [0.15, 0.2) is 0 Å². The summed E-state index contributed by atoms with van der Waals surface area (Å²) in [6.07, 6.45) is 3.65. The number of anilines is 1. The second-order valence-electron chi connectivity index (χ2n) is 3.12. The van der Waals surface area contributed by atoms with Gasteiger partial charge >= 0.3 is 5.69 Å². The molecule has 2 rings (SSSR count). The summed E-state index contributed by atoms with van der Waals surface area (Å²) in [6.45, 7) is 0. The van der Waals surface area contributed by atoms with Gasteiger partial charge in [0.1, 0.15) is 17.5 Å². The number of hydrogen-bond acceptors (Lipinski definition) is 6. The van der Waals surface area contributed by atoms with E-state index in [4.69, 9.17) is 11.6 Å². The summed E-state index contributed by atoms with van der Waals surface area (Å²) in [6, 6.07) is 1.20. The monoisotopic (exact) mass is 268 g/mol. The highest BCUT2D eigenvalue weighted by Crippen LogP contribution is 2.26. The Bertz CT molecular complexity index is 599. The Morgan fingerprint density at radius 2 is 2.33 bits per heavy atom. The quantitative estimate of drug-likeness (QED) is 0.517. The van der Waals surface area contributed by atoms with Gasteiger partial charge in [-0.15, -0.1) is 0 Å². The van der Waals surface area contributed by atoms with Crippen LogP contribution in [0.25, 0.3) is 0 Å². The zero-order valence-corrected chi connectivity index (χ0v) is 9.42. The highest BCUT2D eigenvalue weighted by Gasteiger charge is 2.25.